The quantitative estimate of drug-likeness (QED) is 0.310. The number of likely N-dealkylation sites (tertiary alicyclic amines) is 1. The van der Waals surface area contributed by atoms with Crippen LogP contribution in [0.4, 0.5) is 18.9 Å². The standard InChI is InChI=1S/C31H30F3N5O5/c32-31(33,34)44-26-8-18(13-35)7-23(12-26)37-15-19(14-36)16-39-6-5-25(17-39)43-24-2-3-27-21(11-24)10-22(29(27)41)9-20-1-4-28(40)38-30(20)42/h2-3,7-8,11-12,14-15,20,22,25H,1,4-6,9-10,16-17H2,(H3,36,37,38,40,42)/p-1/t20?,22?,25-/m0/s1. The van der Waals surface area contributed by atoms with Gasteiger partial charge in [0.15, 0.2) is 5.78 Å². The summed E-state index contributed by atoms with van der Waals surface area (Å²) in [7, 11) is 0. The number of nitrogens with zero attached hydrogens (tertiary/aromatic N) is 3. The lowest BCUT2D eigenvalue weighted by Crippen LogP contribution is -2.41. The van der Waals surface area contributed by atoms with Crippen molar-refractivity contribution in [3.05, 3.63) is 70.6 Å². The Morgan fingerprint density at radius 2 is 1.95 bits per heavy atom. The lowest BCUT2D eigenvalue weighted by atomic mass is 9.86. The van der Waals surface area contributed by atoms with Gasteiger partial charge in [-0.1, -0.05) is 0 Å². The number of alkyl halides is 3. The molecule has 2 aromatic rings. The van der Waals surface area contributed by atoms with Crippen molar-refractivity contribution in [2.45, 2.75) is 44.6 Å². The van der Waals surface area contributed by atoms with Crippen LogP contribution in [0.2, 0.25) is 0 Å². The van der Waals surface area contributed by atoms with Crippen LogP contribution in [0.15, 0.2) is 53.2 Å². The molecule has 2 N–H and O–H groups in total. The summed E-state index contributed by atoms with van der Waals surface area (Å²) < 4.78 is 48.0. The molecule has 2 unspecified atom stereocenters. The molecular formula is C31H29F3N5O5-. The smallest absolute Gasteiger partial charge is 0.573 e. The van der Waals surface area contributed by atoms with Crippen molar-refractivity contribution >= 4 is 29.5 Å². The van der Waals surface area contributed by atoms with E-state index in [9.17, 15) is 27.6 Å². The number of hydrogen-bond donors (Lipinski definition) is 1. The second kappa shape index (κ2) is 12.9. The number of rotatable bonds is 9. The van der Waals surface area contributed by atoms with Gasteiger partial charge in [0.1, 0.15) is 17.6 Å². The second-order valence-electron chi connectivity index (χ2n) is 11.1. The van der Waals surface area contributed by atoms with Gasteiger partial charge in [-0.3, -0.25) is 29.6 Å². The summed E-state index contributed by atoms with van der Waals surface area (Å²) in [5, 5.41) is 11.5. The topological polar surface area (TPSA) is 145 Å². The van der Waals surface area contributed by atoms with Crippen LogP contribution < -0.4 is 14.8 Å². The van der Waals surface area contributed by atoms with Crippen molar-refractivity contribution < 1.29 is 37.0 Å². The molecule has 2 aliphatic heterocycles. The molecule has 0 saturated carbocycles. The fraction of sp³-hybridized carbons (Fsp3) is 0.387. The van der Waals surface area contributed by atoms with Gasteiger partial charge in [0.05, 0.1) is 17.3 Å². The molecule has 0 bridgehead atoms. The number of nitriles is 1. The van der Waals surface area contributed by atoms with E-state index in [4.69, 9.17) is 15.7 Å². The number of halogens is 3. The van der Waals surface area contributed by atoms with Crippen LogP contribution in [0.1, 0.15) is 47.2 Å². The lowest BCUT2D eigenvalue weighted by molar-refractivity contribution is -0.274. The molecule has 2 saturated heterocycles. The number of fused-ring (bicyclic) bond motifs is 1. The van der Waals surface area contributed by atoms with E-state index in [1.807, 2.05) is 6.07 Å². The third-order valence-electron chi connectivity index (χ3n) is 7.86. The van der Waals surface area contributed by atoms with Gasteiger partial charge >= 0.3 is 6.36 Å². The van der Waals surface area contributed by atoms with Crippen molar-refractivity contribution in [2.24, 2.45) is 16.8 Å². The van der Waals surface area contributed by atoms with Gasteiger partial charge in [-0.2, -0.15) is 11.5 Å². The number of ketones is 1. The SMILES string of the molecule is N#Cc1cc(N=C/C(=C\[NH-])CN2CC[C@H](Oc3ccc4c(c3)CC(CC3CCC(=O)NC3=O)C4=O)C2)cc(OC(F)(F)F)c1. The normalized spacial score (nSPS) is 22.6. The molecule has 10 nitrogen and oxygen atoms in total. The first-order valence-corrected chi connectivity index (χ1v) is 14.1. The monoisotopic (exact) mass is 608 g/mol. The molecule has 2 heterocycles. The molecule has 3 aliphatic rings. The molecule has 5 rings (SSSR count). The maximum atomic E-state index is 13.0. The van der Waals surface area contributed by atoms with Crippen LogP contribution in [0.25, 0.3) is 5.73 Å². The van der Waals surface area contributed by atoms with E-state index in [1.165, 1.54) is 12.3 Å². The molecule has 0 radical (unpaired) electrons. The minimum Gasteiger partial charge on any atom is -0.705 e. The lowest BCUT2D eigenvalue weighted by Gasteiger charge is -2.22. The maximum Gasteiger partial charge on any atom is 0.573 e. The molecule has 1 aliphatic carbocycles. The number of ether oxygens (including phenoxy) is 2. The Hall–Kier alpha value is -4.70. The zero-order valence-electron chi connectivity index (χ0n) is 23.5. The summed E-state index contributed by atoms with van der Waals surface area (Å²) in [6.07, 6.45) is -0.190. The average molecular weight is 609 g/mol. The fourth-order valence-electron chi connectivity index (χ4n) is 5.81. The number of amides is 2. The Morgan fingerprint density at radius 3 is 2.68 bits per heavy atom. The summed E-state index contributed by atoms with van der Waals surface area (Å²) in [6.45, 7) is 1.60. The molecule has 230 valence electrons. The van der Waals surface area contributed by atoms with E-state index in [-0.39, 0.29) is 53.2 Å². The molecule has 44 heavy (non-hydrogen) atoms. The van der Waals surface area contributed by atoms with Crippen LogP contribution in [0.5, 0.6) is 11.5 Å². The number of aliphatic imine (C=N–C) groups is 1. The van der Waals surface area contributed by atoms with E-state index in [2.05, 4.69) is 19.9 Å². The largest absolute Gasteiger partial charge is 0.705 e. The number of piperidine rings is 1. The van der Waals surface area contributed by atoms with Gasteiger partial charge in [0.2, 0.25) is 11.8 Å². The molecule has 3 atom stereocenters. The fourth-order valence-corrected chi connectivity index (χ4v) is 5.81. The summed E-state index contributed by atoms with van der Waals surface area (Å²) in [5.74, 6) is -1.17. The molecule has 13 heteroatoms. The Labute approximate surface area is 251 Å². The summed E-state index contributed by atoms with van der Waals surface area (Å²) in [4.78, 5) is 42.8. The molecule has 0 aromatic heterocycles. The van der Waals surface area contributed by atoms with E-state index >= 15 is 0 Å². The highest BCUT2D eigenvalue weighted by Gasteiger charge is 2.36. The summed E-state index contributed by atoms with van der Waals surface area (Å²) in [6, 6.07) is 10.5. The molecule has 0 spiro atoms. The van der Waals surface area contributed by atoms with Crippen molar-refractivity contribution in [1.82, 2.24) is 10.2 Å². The third-order valence-corrected chi connectivity index (χ3v) is 7.86. The number of benzene rings is 2. The van der Waals surface area contributed by atoms with E-state index in [1.54, 1.807) is 18.2 Å². The van der Waals surface area contributed by atoms with Crippen molar-refractivity contribution in [1.29, 1.82) is 5.26 Å². The minimum atomic E-state index is -4.91. The molecule has 2 amide bonds. The molecule has 2 aromatic carbocycles. The number of hydrogen-bond acceptors (Lipinski definition) is 8. The van der Waals surface area contributed by atoms with Gasteiger partial charge in [-0.05, 0) is 67.2 Å². The number of imide groups is 1. The maximum absolute atomic E-state index is 13.0. The zero-order chi connectivity index (χ0) is 31.4. The first kappa shape index (κ1) is 30.7. The Balaban J connectivity index is 1.15. The first-order chi connectivity index (χ1) is 21.0. The summed E-state index contributed by atoms with van der Waals surface area (Å²) >= 11 is 0. The van der Waals surface area contributed by atoms with E-state index < -0.39 is 12.1 Å². The highest BCUT2D eigenvalue weighted by atomic mass is 19.4. The van der Waals surface area contributed by atoms with Crippen LogP contribution in [-0.4, -0.2) is 60.8 Å². The Kier molecular flexibility index (Phi) is 9.01. The van der Waals surface area contributed by atoms with Gasteiger partial charge in [0.25, 0.3) is 0 Å². The van der Waals surface area contributed by atoms with E-state index in [0.29, 0.717) is 55.8 Å². The minimum absolute atomic E-state index is 0.00289. The van der Waals surface area contributed by atoms with Crippen LogP contribution in [0.3, 0.4) is 0 Å². The van der Waals surface area contributed by atoms with Gasteiger partial charge < -0.3 is 15.2 Å². The van der Waals surface area contributed by atoms with E-state index in [0.717, 1.165) is 30.3 Å². The van der Waals surface area contributed by atoms with Crippen LogP contribution in [-0.2, 0) is 16.0 Å². The number of Topliss-reactive ketones (excluding diaryl/α,β-unsaturated/α-hetero) is 1. The number of carbonyl (C=O) groups is 3. The van der Waals surface area contributed by atoms with Crippen LogP contribution in [0, 0.1) is 23.2 Å². The number of carbonyl (C=O) groups excluding carboxylic acids is 3. The predicted molar refractivity (Wildman–Crippen MR) is 152 cm³/mol. The molecule has 2 fully saturated rings. The van der Waals surface area contributed by atoms with Crippen LogP contribution >= 0.6 is 0 Å². The van der Waals surface area contributed by atoms with Crippen molar-refractivity contribution in [3.8, 4) is 17.6 Å². The van der Waals surface area contributed by atoms with Crippen molar-refractivity contribution in [3.63, 3.8) is 0 Å². The van der Waals surface area contributed by atoms with Gasteiger partial charge in [0, 0.05) is 55.7 Å². The average Bonchev–Trinajstić information content (AvgIpc) is 3.54. The Morgan fingerprint density at radius 1 is 1.14 bits per heavy atom. The summed E-state index contributed by atoms with van der Waals surface area (Å²) in [5.41, 5.74) is 9.81. The molecular weight excluding hydrogens is 579 g/mol. The predicted octanol–water partition coefficient (Wildman–Crippen LogP) is 5.05. The third kappa shape index (κ3) is 7.62. The van der Waals surface area contributed by atoms with Gasteiger partial charge in [-0.15, -0.1) is 13.2 Å². The Bertz CT molecular complexity index is 1560. The highest BCUT2D eigenvalue weighted by Crippen LogP contribution is 2.35. The number of nitrogens with one attached hydrogen (secondary N) is 2. The second-order valence-corrected chi connectivity index (χ2v) is 11.1. The van der Waals surface area contributed by atoms with Gasteiger partial charge in [-0.25, -0.2) is 0 Å². The zero-order valence-corrected chi connectivity index (χ0v) is 23.5. The first-order valence-electron chi connectivity index (χ1n) is 14.1. The highest BCUT2D eigenvalue weighted by molar-refractivity contribution is 6.03. The van der Waals surface area contributed by atoms with Crippen molar-refractivity contribution in [2.75, 3.05) is 19.6 Å².